The second kappa shape index (κ2) is 6.11. The van der Waals surface area contributed by atoms with E-state index in [9.17, 15) is 4.79 Å². The van der Waals surface area contributed by atoms with E-state index in [1.807, 2.05) is 24.3 Å². The maximum atomic E-state index is 10.9. The van der Waals surface area contributed by atoms with E-state index in [4.69, 9.17) is 5.11 Å². The van der Waals surface area contributed by atoms with E-state index < -0.39 is 5.97 Å². The Morgan fingerprint density at radius 3 is 2.38 bits per heavy atom. The van der Waals surface area contributed by atoms with Crippen molar-refractivity contribution in [2.45, 2.75) is 33.1 Å². The molecule has 0 bridgehead atoms. The Labute approximate surface area is 96.6 Å². The van der Waals surface area contributed by atoms with Crippen molar-refractivity contribution in [2.75, 3.05) is 0 Å². The summed E-state index contributed by atoms with van der Waals surface area (Å²) in [7, 11) is 0. The smallest absolute Gasteiger partial charge is 0.335 e. The third-order valence-corrected chi connectivity index (χ3v) is 2.60. The van der Waals surface area contributed by atoms with Gasteiger partial charge in [0.2, 0.25) is 0 Å². The summed E-state index contributed by atoms with van der Waals surface area (Å²) < 4.78 is 0. The third kappa shape index (κ3) is 3.23. The summed E-state index contributed by atoms with van der Waals surface area (Å²) in [6, 6.07) is 7.79. The third-order valence-electron chi connectivity index (χ3n) is 2.60. The molecule has 16 heavy (non-hydrogen) atoms. The number of hydrogen-bond donors (Lipinski definition) is 1. The maximum absolute atomic E-state index is 10.9. The van der Waals surface area contributed by atoms with Crippen LogP contribution in [0.1, 0.15) is 37.8 Å². The van der Waals surface area contributed by atoms with Crippen LogP contribution >= 0.6 is 0 Å². The second-order valence-electron chi connectivity index (χ2n) is 3.81. The van der Waals surface area contributed by atoms with Gasteiger partial charge in [-0.05, 0) is 30.9 Å². The van der Waals surface area contributed by atoms with Gasteiger partial charge < -0.3 is 5.11 Å². The standard InChI is InChI=1S/C14H18O2/c1-3-5-6-11-7-9-12(10-8-11)13(4-2)14(15)16/h4,7-10H,3,5-6H2,1-2H3,(H,15,16). The van der Waals surface area contributed by atoms with Crippen molar-refractivity contribution in [3.63, 3.8) is 0 Å². The molecule has 1 aromatic rings. The van der Waals surface area contributed by atoms with Crippen molar-refractivity contribution in [3.8, 4) is 0 Å². The van der Waals surface area contributed by atoms with E-state index in [1.165, 1.54) is 18.4 Å². The molecule has 0 unspecified atom stereocenters. The monoisotopic (exact) mass is 218 g/mol. The Hall–Kier alpha value is -1.57. The van der Waals surface area contributed by atoms with Gasteiger partial charge in [0.1, 0.15) is 0 Å². The van der Waals surface area contributed by atoms with E-state index >= 15 is 0 Å². The minimum absolute atomic E-state index is 0.363. The van der Waals surface area contributed by atoms with Gasteiger partial charge in [0.15, 0.2) is 0 Å². The van der Waals surface area contributed by atoms with E-state index in [0.717, 1.165) is 12.0 Å². The number of aliphatic carboxylic acids is 1. The Balaban J connectivity index is 2.82. The lowest BCUT2D eigenvalue weighted by molar-refractivity contribution is -0.130. The summed E-state index contributed by atoms with van der Waals surface area (Å²) in [5, 5.41) is 8.97. The molecule has 86 valence electrons. The Bertz CT molecular complexity index is 374. The number of allylic oxidation sites excluding steroid dienone is 1. The molecule has 0 atom stereocenters. The summed E-state index contributed by atoms with van der Waals surface area (Å²) in [4.78, 5) is 10.9. The SMILES string of the molecule is CC=C(C(=O)O)c1ccc(CCCC)cc1. The molecule has 0 aliphatic rings. The van der Waals surface area contributed by atoms with E-state index in [-0.39, 0.29) is 0 Å². The van der Waals surface area contributed by atoms with Crippen LogP contribution in [0.4, 0.5) is 0 Å². The molecule has 0 heterocycles. The lowest BCUT2D eigenvalue weighted by Gasteiger charge is -2.04. The first-order valence-corrected chi connectivity index (χ1v) is 5.68. The molecular weight excluding hydrogens is 200 g/mol. The quantitative estimate of drug-likeness (QED) is 0.768. The van der Waals surface area contributed by atoms with E-state index in [2.05, 4.69) is 6.92 Å². The molecule has 0 aliphatic heterocycles. The van der Waals surface area contributed by atoms with E-state index in [1.54, 1.807) is 13.0 Å². The fourth-order valence-electron chi connectivity index (χ4n) is 1.65. The first-order valence-electron chi connectivity index (χ1n) is 5.68. The lowest BCUT2D eigenvalue weighted by atomic mass is 10.0. The highest BCUT2D eigenvalue weighted by Gasteiger charge is 2.08. The summed E-state index contributed by atoms with van der Waals surface area (Å²) in [5.41, 5.74) is 2.41. The molecule has 0 aromatic heterocycles. The van der Waals surface area contributed by atoms with Crippen molar-refractivity contribution in [1.29, 1.82) is 0 Å². The first-order chi connectivity index (χ1) is 7.69. The minimum atomic E-state index is -0.871. The predicted molar refractivity (Wildman–Crippen MR) is 66.3 cm³/mol. The summed E-state index contributed by atoms with van der Waals surface area (Å²) in [5.74, 6) is -0.871. The highest BCUT2D eigenvalue weighted by molar-refractivity contribution is 6.15. The van der Waals surface area contributed by atoms with Crippen LogP contribution in [0, 0.1) is 0 Å². The molecule has 1 aromatic carbocycles. The molecule has 1 N–H and O–H groups in total. The zero-order valence-electron chi connectivity index (χ0n) is 9.86. The molecule has 2 heteroatoms. The normalized spacial score (nSPS) is 11.5. The fourth-order valence-corrected chi connectivity index (χ4v) is 1.65. The molecule has 0 spiro atoms. The summed E-state index contributed by atoms with van der Waals surface area (Å²) in [6.45, 7) is 3.91. The van der Waals surface area contributed by atoms with E-state index in [0.29, 0.717) is 5.57 Å². The number of hydrogen-bond acceptors (Lipinski definition) is 1. The highest BCUT2D eigenvalue weighted by Crippen LogP contribution is 2.16. The highest BCUT2D eigenvalue weighted by atomic mass is 16.4. The van der Waals surface area contributed by atoms with Crippen LogP contribution in [0.5, 0.6) is 0 Å². The van der Waals surface area contributed by atoms with Crippen molar-refractivity contribution in [3.05, 3.63) is 41.5 Å². The van der Waals surface area contributed by atoms with Crippen LogP contribution in [-0.4, -0.2) is 11.1 Å². The van der Waals surface area contributed by atoms with Gasteiger partial charge in [-0.3, -0.25) is 0 Å². The topological polar surface area (TPSA) is 37.3 Å². The number of carboxylic acid groups (broad SMARTS) is 1. The molecule has 0 saturated carbocycles. The van der Waals surface area contributed by atoms with Gasteiger partial charge >= 0.3 is 5.97 Å². The van der Waals surface area contributed by atoms with Crippen LogP contribution in [0.15, 0.2) is 30.3 Å². The molecule has 2 nitrogen and oxygen atoms in total. The number of carboxylic acids is 1. The number of unbranched alkanes of at least 4 members (excludes halogenated alkanes) is 1. The summed E-state index contributed by atoms with van der Waals surface area (Å²) in [6.07, 6.45) is 5.05. The predicted octanol–water partition coefficient (Wildman–Crippen LogP) is 3.52. The van der Waals surface area contributed by atoms with Gasteiger partial charge in [0.25, 0.3) is 0 Å². The largest absolute Gasteiger partial charge is 0.478 e. The molecule has 0 amide bonds. The average Bonchev–Trinajstić information content (AvgIpc) is 2.28. The van der Waals surface area contributed by atoms with Crippen LogP contribution < -0.4 is 0 Å². The molecule has 0 fully saturated rings. The van der Waals surface area contributed by atoms with Crippen molar-refractivity contribution >= 4 is 11.5 Å². The Kier molecular flexibility index (Phi) is 4.77. The zero-order valence-corrected chi connectivity index (χ0v) is 9.86. The number of benzene rings is 1. The maximum Gasteiger partial charge on any atom is 0.335 e. The van der Waals surface area contributed by atoms with Gasteiger partial charge in [-0.2, -0.15) is 0 Å². The van der Waals surface area contributed by atoms with Crippen molar-refractivity contribution < 1.29 is 9.90 Å². The van der Waals surface area contributed by atoms with Gasteiger partial charge in [-0.1, -0.05) is 43.7 Å². The Morgan fingerprint density at radius 1 is 1.31 bits per heavy atom. The molecule has 0 aliphatic carbocycles. The molecule has 0 radical (unpaired) electrons. The lowest BCUT2D eigenvalue weighted by Crippen LogP contribution is -1.99. The van der Waals surface area contributed by atoms with Crippen molar-refractivity contribution in [2.24, 2.45) is 0 Å². The molecular formula is C14H18O2. The van der Waals surface area contributed by atoms with Gasteiger partial charge in [-0.15, -0.1) is 0 Å². The van der Waals surface area contributed by atoms with Gasteiger partial charge in [0, 0.05) is 0 Å². The molecule has 0 saturated heterocycles. The van der Waals surface area contributed by atoms with Gasteiger partial charge in [0.05, 0.1) is 5.57 Å². The summed E-state index contributed by atoms with van der Waals surface area (Å²) >= 11 is 0. The van der Waals surface area contributed by atoms with Crippen LogP contribution in [0.3, 0.4) is 0 Å². The average molecular weight is 218 g/mol. The number of aryl methyl sites for hydroxylation is 1. The zero-order chi connectivity index (χ0) is 12.0. The van der Waals surface area contributed by atoms with Crippen LogP contribution in [0.2, 0.25) is 0 Å². The Morgan fingerprint density at radius 2 is 1.94 bits per heavy atom. The first kappa shape index (κ1) is 12.5. The van der Waals surface area contributed by atoms with Crippen LogP contribution in [0.25, 0.3) is 5.57 Å². The fraction of sp³-hybridized carbons (Fsp3) is 0.357. The minimum Gasteiger partial charge on any atom is -0.478 e. The number of carbonyl (C=O) groups is 1. The van der Waals surface area contributed by atoms with Crippen molar-refractivity contribution in [1.82, 2.24) is 0 Å². The molecule has 1 rings (SSSR count). The van der Waals surface area contributed by atoms with Gasteiger partial charge in [-0.25, -0.2) is 4.79 Å². The number of rotatable bonds is 5. The van der Waals surface area contributed by atoms with Crippen LogP contribution in [-0.2, 0) is 11.2 Å². The second-order valence-corrected chi connectivity index (χ2v) is 3.81.